The first-order valence-electron chi connectivity index (χ1n) is 12.7. The Morgan fingerprint density at radius 3 is 2.64 bits per heavy atom. The van der Waals surface area contributed by atoms with Gasteiger partial charge in [-0.3, -0.25) is 4.90 Å². The van der Waals surface area contributed by atoms with E-state index in [0.717, 1.165) is 67.1 Å². The molecule has 1 aromatic carbocycles. The molecule has 0 bridgehead atoms. The van der Waals surface area contributed by atoms with Crippen molar-refractivity contribution < 1.29 is 18.6 Å². The van der Waals surface area contributed by atoms with Crippen LogP contribution in [0, 0.1) is 6.92 Å². The number of methoxy groups -OCH3 is 1. The number of benzene rings is 1. The highest BCUT2D eigenvalue weighted by molar-refractivity contribution is 5.82. The molecule has 3 fully saturated rings. The summed E-state index contributed by atoms with van der Waals surface area (Å²) in [5.41, 5.74) is 3.04. The summed E-state index contributed by atoms with van der Waals surface area (Å²) in [4.78, 5) is 13.6. The fourth-order valence-electron chi connectivity index (χ4n) is 5.62. The molecule has 192 valence electrons. The van der Waals surface area contributed by atoms with Crippen molar-refractivity contribution in [1.82, 2.24) is 24.6 Å². The van der Waals surface area contributed by atoms with Gasteiger partial charge in [0.15, 0.2) is 5.82 Å². The van der Waals surface area contributed by atoms with Gasteiger partial charge < -0.3 is 19.1 Å². The van der Waals surface area contributed by atoms with Gasteiger partial charge in [0.25, 0.3) is 0 Å². The third kappa shape index (κ3) is 4.31. The lowest BCUT2D eigenvalue weighted by Crippen LogP contribution is -2.54. The van der Waals surface area contributed by atoms with Crippen molar-refractivity contribution in [2.45, 2.75) is 44.5 Å². The largest absolute Gasteiger partial charge is 0.467 e. The van der Waals surface area contributed by atoms with Crippen LogP contribution in [0.15, 0.2) is 24.4 Å². The van der Waals surface area contributed by atoms with Crippen LogP contribution in [0.1, 0.15) is 30.4 Å². The number of piperidine rings is 1. The molecule has 0 spiro atoms. The monoisotopic (exact) mass is 496 g/mol. The lowest BCUT2D eigenvalue weighted by molar-refractivity contribution is -0.0807. The first-order valence-corrected chi connectivity index (χ1v) is 12.7. The predicted molar refractivity (Wildman–Crippen MR) is 134 cm³/mol. The van der Waals surface area contributed by atoms with Crippen molar-refractivity contribution in [3.8, 4) is 11.8 Å². The number of aryl methyl sites for hydroxylation is 1. The Labute approximate surface area is 210 Å². The van der Waals surface area contributed by atoms with Crippen LogP contribution in [-0.2, 0) is 9.47 Å². The Hall–Kier alpha value is -2.82. The molecule has 36 heavy (non-hydrogen) atoms. The molecular formula is C26H33FN6O3. The predicted octanol–water partition coefficient (Wildman–Crippen LogP) is 2.88. The van der Waals surface area contributed by atoms with Crippen LogP contribution in [0.4, 0.5) is 10.2 Å². The molecule has 2 aromatic heterocycles. The number of ether oxygens (including phenoxy) is 3. The number of fused-ring (bicyclic) bond motifs is 1. The van der Waals surface area contributed by atoms with E-state index in [-0.39, 0.29) is 18.0 Å². The van der Waals surface area contributed by atoms with E-state index in [0.29, 0.717) is 25.0 Å². The van der Waals surface area contributed by atoms with Gasteiger partial charge in [-0.15, -0.1) is 0 Å². The summed E-state index contributed by atoms with van der Waals surface area (Å²) in [5.74, 6) is 1.26. The third-order valence-electron chi connectivity index (χ3n) is 7.71. The zero-order valence-corrected chi connectivity index (χ0v) is 21.1. The maximum Gasteiger partial charge on any atom is 0.320 e. The van der Waals surface area contributed by atoms with Gasteiger partial charge in [0.1, 0.15) is 12.0 Å². The second-order valence-corrected chi connectivity index (χ2v) is 10.1. The van der Waals surface area contributed by atoms with E-state index in [9.17, 15) is 0 Å². The fourth-order valence-corrected chi connectivity index (χ4v) is 5.62. The second kappa shape index (κ2) is 9.57. The smallest absolute Gasteiger partial charge is 0.320 e. The van der Waals surface area contributed by atoms with Crippen LogP contribution in [0.3, 0.4) is 0 Å². The number of hydrogen-bond donors (Lipinski definition) is 0. The van der Waals surface area contributed by atoms with Gasteiger partial charge in [-0.05, 0) is 50.1 Å². The molecule has 9 nitrogen and oxygen atoms in total. The number of hydrogen-bond acceptors (Lipinski definition) is 8. The molecule has 6 rings (SSSR count). The van der Waals surface area contributed by atoms with Crippen LogP contribution in [0.25, 0.3) is 16.7 Å². The van der Waals surface area contributed by atoms with Crippen molar-refractivity contribution in [1.29, 1.82) is 0 Å². The van der Waals surface area contributed by atoms with E-state index >= 15 is 4.39 Å². The van der Waals surface area contributed by atoms with Crippen molar-refractivity contribution in [3.05, 3.63) is 35.5 Å². The molecule has 0 unspecified atom stereocenters. The third-order valence-corrected chi connectivity index (χ3v) is 7.71. The molecule has 3 aliphatic rings. The van der Waals surface area contributed by atoms with E-state index in [1.165, 1.54) is 0 Å². The Kier molecular flexibility index (Phi) is 6.27. The minimum atomic E-state index is -0.916. The topological polar surface area (TPSA) is 77.8 Å². The summed E-state index contributed by atoms with van der Waals surface area (Å²) < 4.78 is 33.7. The molecule has 10 heteroatoms. The summed E-state index contributed by atoms with van der Waals surface area (Å²) in [6.07, 6.45) is 1.83. The molecule has 3 aromatic rings. The van der Waals surface area contributed by atoms with Crippen molar-refractivity contribution in [2.24, 2.45) is 0 Å². The first kappa shape index (κ1) is 23.6. The number of aromatic nitrogens is 4. The molecule has 5 heterocycles. The lowest BCUT2D eigenvalue weighted by atomic mass is 9.84. The Balaban J connectivity index is 1.34. The highest BCUT2D eigenvalue weighted by atomic mass is 19.1. The van der Waals surface area contributed by atoms with E-state index in [4.69, 9.17) is 14.2 Å². The standard InChI is InChI=1S/C26H33FN6O3/c1-16-8-18-11-28-33(25-10-24(29-26(30-25)34-3)32-6-7-36-17(2)12-32)23(18)9-21(16)20-4-5-31(13-22(20)27)19-14-35-15-19/h8-11,17,19-20,22H,4-7,12-15H2,1-3H3/t17-,20-,22-/m1/s1. The SMILES string of the molecule is COc1nc(N2CCO[C@H](C)C2)cc(-n2ncc3cc(C)c([C@H]4CCN(C5COC5)C[C@H]4F)cc32)n1. The van der Waals surface area contributed by atoms with Crippen molar-refractivity contribution in [3.63, 3.8) is 0 Å². The number of morpholine rings is 1. The average molecular weight is 497 g/mol. The van der Waals surface area contributed by atoms with Crippen LogP contribution < -0.4 is 9.64 Å². The van der Waals surface area contributed by atoms with Crippen molar-refractivity contribution in [2.75, 3.05) is 58.0 Å². The van der Waals surface area contributed by atoms with E-state index < -0.39 is 6.17 Å². The zero-order chi connectivity index (χ0) is 24.8. The van der Waals surface area contributed by atoms with Gasteiger partial charge in [0.2, 0.25) is 0 Å². The summed E-state index contributed by atoms with van der Waals surface area (Å²) in [5, 5.41) is 5.65. The lowest BCUT2D eigenvalue weighted by Gasteiger charge is -2.43. The average Bonchev–Trinajstić information content (AvgIpc) is 3.25. The number of alkyl halides is 1. The van der Waals surface area contributed by atoms with Gasteiger partial charge in [-0.25, -0.2) is 9.07 Å². The summed E-state index contributed by atoms with van der Waals surface area (Å²) in [6.45, 7) is 9.04. The molecular weight excluding hydrogens is 463 g/mol. The molecule has 0 saturated carbocycles. The molecule has 3 saturated heterocycles. The number of halogens is 1. The minimum absolute atomic E-state index is 0.121. The van der Waals surface area contributed by atoms with Crippen LogP contribution in [0.2, 0.25) is 0 Å². The van der Waals surface area contributed by atoms with E-state index in [1.54, 1.807) is 7.11 Å². The number of nitrogens with zero attached hydrogens (tertiary/aromatic N) is 6. The Morgan fingerprint density at radius 1 is 1.08 bits per heavy atom. The van der Waals surface area contributed by atoms with E-state index in [2.05, 4.69) is 50.8 Å². The number of anilines is 1. The maximum atomic E-state index is 15.5. The number of rotatable bonds is 5. The van der Waals surface area contributed by atoms with Gasteiger partial charge in [0, 0.05) is 37.0 Å². The van der Waals surface area contributed by atoms with Crippen LogP contribution in [-0.4, -0.2) is 96.1 Å². The molecule has 0 aliphatic carbocycles. The normalized spacial score (nSPS) is 25.8. The highest BCUT2D eigenvalue weighted by Gasteiger charge is 2.36. The second-order valence-electron chi connectivity index (χ2n) is 10.1. The summed E-state index contributed by atoms with van der Waals surface area (Å²) in [6, 6.07) is 6.79. The Bertz CT molecular complexity index is 1250. The first-order chi connectivity index (χ1) is 17.5. The van der Waals surface area contributed by atoms with Gasteiger partial charge in [-0.2, -0.15) is 15.1 Å². The summed E-state index contributed by atoms with van der Waals surface area (Å²) in [7, 11) is 1.57. The zero-order valence-electron chi connectivity index (χ0n) is 21.1. The number of likely N-dealkylation sites (tertiary alicyclic amines) is 1. The Morgan fingerprint density at radius 2 is 1.92 bits per heavy atom. The molecule has 0 N–H and O–H groups in total. The molecule has 3 atom stereocenters. The minimum Gasteiger partial charge on any atom is -0.467 e. The molecule has 3 aliphatic heterocycles. The highest BCUT2D eigenvalue weighted by Crippen LogP contribution is 2.36. The van der Waals surface area contributed by atoms with Gasteiger partial charge in [-0.1, -0.05) is 0 Å². The quantitative estimate of drug-likeness (QED) is 0.534. The van der Waals surface area contributed by atoms with Gasteiger partial charge >= 0.3 is 6.01 Å². The van der Waals surface area contributed by atoms with Gasteiger partial charge in [0.05, 0.1) is 50.8 Å². The van der Waals surface area contributed by atoms with Crippen molar-refractivity contribution >= 4 is 16.7 Å². The maximum absolute atomic E-state index is 15.5. The van der Waals surface area contributed by atoms with Crippen LogP contribution >= 0.6 is 0 Å². The van der Waals surface area contributed by atoms with E-state index in [1.807, 2.05) is 16.9 Å². The molecule has 0 amide bonds. The fraction of sp³-hybridized carbons (Fsp3) is 0.577. The summed E-state index contributed by atoms with van der Waals surface area (Å²) >= 11 is 0. The van der Waals surface area contributed by atoms with Crippen LogP contribution in [0.5, 0.6) is 6.01 Å². The molecule has 0 radical (unpaired) electrons.